The van der Waals surface area contributed by atoms with E-state index in [0.717, 1.165) is 68.2 Å². The van der Waals surface area contributed by atoms with Crippen LogP contribution in [0, 0.1) is 88.5 Å². The maximum absolute atomic E-state index is 16.2. The Bertz CT molecular complexity index is 7690. The Morgan fingerprint density at radius 1 is 0.319 bits per heavy atom. The smallest absolute Gasteiger partial charge is 0.192 e. The Hall–Kier alpha value is -12.1. The van der Waals surface area contributed by atoms with Crippen LogP contribution in [0.5, 0.6) is 0 Å². The van der Waals surface area contributed by atoms with Gasteiger partial charge < -0.3 is 41.2 Å². The highest BCUT2D eigenvalue weighted by atomic mass is 35.5. The number of nitrogens with one attached hydrogen (secondary N) is 8. The minimum atomic E-state index is -0.409. The van der Waals surface area contributed by atoms with Crippen molar-refractivity contribution in [1.29, 1.82) is 0 Å². The first-order chi connectivity index (χ1) is 67.4. The lowest BCUT2D eigenvalue weighted by atomic mass is 9.62. The number of fused-ring (bicyclic) bond motifs is 19. The molecule has 0 saturated heterocycles. The maximum atomic E-state index is 16.2. The molecule has 16 heterocycles. The summed E-state index contributed by atoms with van der Waals surface area (Å²) >= 11 is 24.5. The van der Waals surface area contributed by atoms with Crippen molar-refractivity contribution in [3.63, 3.8) is 0 Å². The van der Waals surface area contributed by atoms with Crippen LogP contribution in [0.1, 0.15) is 130 Å². The monoisotopic (exact) mass is 1970 g/mol. The van der Waals surface area contributed by atoms with Gasteiger partial charge in [0.15, 0.2) is 80.8 Å². The van der Waals surface area contributed by atoms with Crippen molar-refractivity contribution in [3.05, 3.63) is 203 Å². The van der Waals surface area contributed by atoms with Gasteiger partial charge in [-0.2, -0.15) is 0 Å². The number of halogens is 6. The van der Waals surface area contributed by atoms with Gasteiger partial charge in [-0.25, -0.2) is 87.9 Å². The van der Waals surface area contributed by atoms with Crippen LogP contribution in [0.25, 0.3) is 163 Å². The van der Waals surface area contributed by atoms with E-state index in [0.29, 0.717) is 183 Å². The van der Waals surface area contributed by atoms with Crippen molar-refractivity contribution in [1.82, 2.24) is 99.7 Å². The zero-order valence-corrected chi connectivity index (χ0v) is 81.3. The second kappa shape index (κ2) is 36.9. The van der Waals surface area contributed by atoms with E-state index < -0.39 is 11.6 Å². The molecule has 19 aromatic rings. The van der Waals surface area contributed by atoms with Crippen LogP contribution < -0.4 is 21.3 Å². The fraction of sp³-hybridized carbons (Fsp3) is 0.346. The predicted octanol–water partition coefficient (Wildman–Crippen LogP) is 27.4. The molecular weight excluding hydrogens is 1880 g/mol. The largest absolute Gasteiger partial charge is 0.367 e. The van der Waals surface area contributed by atoms with Gasteiger partial charge >= 0.3 is 0 Å². The molecule has 12 aliphatic carbocycles. The fourth-order valence-electron chi connectivity index (χ4n) is 23.8. The molecule has 8 N–H and O–H groups in total. The lowest BCUT2D eigenvalue weighted by Gasteiger charge is -2.47. The first-order valence-electron chi connectivity index (χ1n) is 47.9. The highest BCUT2D eigenvalue weighted by Crippen LogP contribution is 2.53. The normalized spacial score (nSPS) is 24.0. The Kier molecular flexibility index (Phi) is 23.7. The standard InChI is InChI=1S/C27H24ClFN6S.C27H25ClN6S.C27H25FN6S.C23H22ClFN6S/c1-13-14-6-8-15(9-7-14)22(13)33-26-21(29)24(19-10-16-4-2-3-5-18(16)36-19)34-25(35-26)17-11-31-27-23(17)30-12-20(28)32-27;1-14-15-6-8-16(9-7-15)24(14)33-23-11-19(21-10-17-4-2-3-5-20(17)35-21)31-26(34-23)18-12-29-27-25(18)32-22(28)13-30-27;1-14-15-6-8-16(9-7-15)22(14)32-26-21(28)24(20-12-17-4-2-3-5-19(17)35-20)33-25(34-26)18-13-31-27-23(18)29-10-11-30-27;1-11-12-4-6-13(7-5-12)18(11)29-22-17(25)20(15-3-2-8-32-15)30-21(31-22)14-9-27-23-19(14)26-10-16(24)28-23/h2-5,10-15,22H,6-9H2,1H3,(H,31,32)(H,33,34,35);2-5,10-16,24H,6-9H2,1H3,(H,29,30)(H,31,33,34);2-5,10-16,22H,6-9H2,1H3,(H,30,31)(H,32,33,34);2-3,8-13,18H,4-7H2,1H3,(H,27,28)(H,29,30,31)/t13-,14?,15?,22+;14-,15?,16?,24+;14-,15?,16?,22+;11-,12?,13?,18+/m0000/s1. The van der Waals surface area contributed by atoms with Gasteiger partial charge in [-0.1, -0.05) is 123 Å². The number of nitrogens with zero attached hydrogens (tertiary/aromatic N) is 16. The SMILES string of the molecule is C[C@H]1C2CCC(CC2)[C@@H]1Nc1cc(-c2cc3ccccc3s2)nc(-c2c[nH]c3ncc(Cl)nc23)n1.C[C@H]1C2CCC(CC2)[C@@H]1Nc1nc(-c2c[nH]c3nc(Cl)cnc23)nc(-c2cc3ccccc3s2)c1F.C[C@H]1C2CCC(CC2)[C@@H]1Nc1nc(-c2c[nH]c3nc(Cl)cnc23)nc(-c2cccs2)c1F.C[C@H]1C2CCC(CC2)[C@@H]1Nc1nc(-c2c[nH]c3nccnc23)nc(-c2cc3ccccc3s2)c1F. The molecule has 31 rings (SSSR count). The van der Waals surface area contributed by atoms with Gasteiger partial charge in [-0.3, -0.25) is 4.98 Å². The summed E-state index contributed by atoms with van der Waals surface area (Å²) in [4.78, 5) is 89.3. The van der Waals surface area contributed by atoms with Crippen molar-refractivity contribution in [3.8, 4) is 87.8 Å². The summed E-state index contributed by atoms with van der Waals surface area (Å²) in [5, 5.41) is 20.7. The van der Waals surface area contributed by atoms with E-state index in [1.165, 1.54) is 148 Å². The Morgan fingerprint density at radius 2 is 0.667 bits per heavy atom. The molecule has 12 fully saturated rings. The van der Waals surface area contributed by atoms with Gasteiger partial charge in [0, 0.05) is 81.5 Å². The van der Waals surface area contributed by atoms with Crippen LogP contribution in [-0.2, 0) is 0 Å². The molecule has 0 aliphatic heterocycles. The Labute approximate surface area is 822 Å². The van der Waals surface area contributed by atoms with E-state index in [-0.39, 0.29) is 41.4 Å². The van der Waals surface area contributed by atoms with E-state index in [4.69, 9.17) is 64.7 Å². The highest BCUT2D eigenvalue weighted by molar-refractivity contribution is 7.23. The van der Waals surface area contributed by atoms with Crippen molar-refractivity contribution in [2.24, 2.45) is 71.0 Å². The third-order valence-electron chi connectivity index (χ3n) is 31.1. The number of thiophene rings is 4. The molecule has 698 valence electrons. The van der Waals surface area contributed by atoms with Crippen molar-refractivity contribution >= 4 is 178 Å². The molecule has 34 heteroatoms. The fourth-order valence-corrected chi connectivity index (χ4v) is 28.0. The van der Waals surface area contributed by atoms with Gasteiger partial charge in [0.25, 0.3) is 0 Å². The molecule has 8 bridgehead atoms. The number of aromatic nitrogens is 20. The number of H-pyrrole nitrogens is 4. The summed E-state index contributed by atoms with van der Waals surface area (Å²) in [6.45, 7) is 9.28. The average molecular weight is 1970 g/mol. The number of anilines is 4. The molecule has 12 aliphatic rings. The number of aromatic amines is 4. The van der Waals surface area contributed by atoms with Gasteiger partial charge in [-0.05, 0) is 238 Å². The summed E-state index contributed by atoms with van der Waals surface area (Å²) in [6, 6.07) is 37.8. The second-order valence-electron chi connectivity index (χ2n) is 38.6. The number of benzene rings is 3. The molecule has 0 amide bonds. The van der Waals surface area contributed by atoms with Gasteiger partial charge in [-0.15, -0.1) is 45.3 Å². The number of rotatable bonds is 16. The molecule has 0 radical (unpaired) electrons. The summed E-state index contributed by atoms with van der Waals surface area (Å²) in [7, 11) is 0. The van der Waals surface area contributed by atoms with Crippen LogP contribution in [0.4, 0.5) is 36.4 Å². The van der Waals surface area contributed by atoms with Crippen LogP contribution in [0.3, 0.4) is 0 Å². The third-order valence-corrected chi connectivity index (χ3v) is 35.9. The third kappa shape index (κ3) is 16.8. The van der Waals surface area contributed by atoms with Crippen LogP contribution in [-0.4, -0.2) is 124 Å². The molecule has 24 nitrogen and oxygen atoms in total. The Morgan fingerprint density at radius 3 is 1.09 bits per heavy atom. The van der Waals surface area contributed by atoms with E-state index in [2.05, 4.69) is 161 Å². The summed E-state index contributed by atoms with van der Waals surface area (Å²) in [6.07, 6.45) is 35.2. The maximum Gasteiger partial charge on any atom is 0.192 e. The predicted molar refractivity (Wildman–Crippen MR) is 548 cm³/mol. The van der Waals surface area contributed by atoms with Gasteiger partial charge in [0.05, 0.1) is 66.0 Å². The molecular formula is C104H96Cl3F3N24S4. The van der Waals surface area contributed by atoms with Crippen molar-refractivity contribution < 1.29 is 13.2 Å². The molecule has 8 atom stereocenters. The molecule has 138 heavy (non-hydrogen) atoms. The van der Waals surface area contributed by atoms with Crippen LogP contribution in [0.15, 0.2) is 170 Å². The van der Waals surface area contributed by atoms with Crippen molar-refractivity contribution in [2.45, 2.75) is 155 Å². The van der Waals surface area contributed by atoms with Gasteiger partial charge in [0.1, 0.15) is 60.4 Å². The zero-order chi connectivity index (χ0) is 93.2. The molecule has 3 aromatic carbocycles. The second-order valence-corrected chi connectivity index (χ2v) is 44.0. The summed E-state index contributed by atoms with van der Waals surface area (Å²) in [5.74, 6) is 9.72. The van der Waals surface area contributed by atoms with E-state index >= 15 is 13.2 Å². The molecule has 0 unspecified atom stereocenters. The van der Waals surface area contributed by atoms with Crippen molar-refractivity contribution in [2.75, 3.05) is 21.3 Å². The number of hydrogen-bond donors (Lipinski definition) is 8. The van der Waals surface area contributed by atoms with Gasteiger partial charge in [0.2, 0.25) is 0 Å². The average Bonchev–Trinajstić information content (AvgIpc) is 1.39. The molecule has 0 spiro atoms. The first-order valence-corrected chi connectivity index (χ1v) is 52.3. The lowest BCUT2D eigenvalue weighted by molar-refractivity contribution is 0.0926. The quantitative estimate of drug-likeness (QED) is 0.0446. The van der Waals surface area contributed by atoms with E-state index in [1.54, 1.807) is 53.7 Å². The topological polar surface area (TPSA) is 318 Å². The minimum Gasteiger partial charge on any atom is -0.367 e. The minimum absolute atomic E-state index is 0.201. The zero-order valence-electron chi connectivity index (χ0n) is 75.8. The highest BCUT2D eigenvalue weighted by Gasteiger charge is 2.47. The first kappa shape index (κ1) is 88.6. The van der Waals surface area contributed by atoms with Crippen LogP contribution in [0.2, 0.25) is 15.5 Å². The Balaban J connectivity index is 0.000000100. The molecule has 16 aromatic heterocycles. The van der Waals surface area contributed by atoms with E-state index in [1.807, 2.05) is 84.5 Å². The van der Waals surface area contributed by atoms with Crippen LogP contribution >= 0.6 is 80.1 Å². The number of hydrogen-bond acceptors (Lipinski definition) is 24. The lowest BCUT2D eigenvalue weighted by Crippen LogP contribution is -2.47. The summed E-state index contributed by atoms with van der Waals surface area (Å²) < 4.78 is 51.5. The van der Waals surface area contributed by atoms with E-state index in [9.17, 15) is 0 Å². The molecule has 12 saturated carbocycles. The summed E-state index contributed by atoms with van der Waals surface area (Å²) in [5.41, 5.74) is 9.69.